The minimum atomic E-state index is -0.547. The summed E-state index contributed by atoms with van der Waals surface area (Å²) in [4.78, 5) is 0. The summed E-state index contributed by atoms with van der Waals surface area (Å²) in [6.45, 7) is 0. The highest BCUT2D eigenvalue weighted by Crippen LogP contribution is 2.60. The maximum Gasteiger partial charge on any atom is 0.0988 e. The second-order valence-electron chi connectivity index (χ2n) is 11.8. The van der Waals surface area contributed by atoms with Crippen LogP contribution in [0.15, 0.2) is 170 Å². The molecule has 0 heterocycles. The lowest BCUT2D eigenvalue weighted by Crippen LogP contribution is -2.28. The molecule has 3 heteroatoms. The van der Waals surface area contributed by atoms with E-state index in [4.69, 9.17) is 11.5 Å². The van der Waals surface area contributed by atoms with E-state index in [2.05, 4.69) is 146 Å². The Morgan fingerprint density at radius 3 is 1.91 bits per heavy atom. The van der Waals surface area contributed by atoms with Gasteiger partial charge in [0.2, 0.25) is 0 Å². The molecular weight excluding hydrogens is 571 g/mol. The summed E-state index contributed by atoms with van der Waals surface area (Å²) in [6.07, 6.45) is 12.4. The normalized spacial score (nSPS) is 14.1. The minimum Gasteiger partial charge on any atom is -0.405 e. The lowest BCUT2D eigenvalue weighted by atomic mass is 9.67. The highest BCUT2D eigenvalue weighted by molar-refractivity contribution is 6.14. The van der Waals surface area contributed by atoms with Gasteiger partial charge in [0, 0.05) is 11.8 Å². The summed E-state index contributed by atoms with van der Waals surface area (Å²) in [7, 11) is 0. The van der Waals surface area contributed by atoms with E-state index in [1.165, 1.54) is 55.7 Å². The number of nitriles is 1. The van der Waals surface area contributed by atoms with Crippen LogP contribution in [0, 0.1) is 11.3 Å². The number of fused-ring (bicyclic) bond motifs is 7. The number of hydrogen-bond acceptors (Lipinski definition) is 3. The third-order valence-electron chi connectivity index (χ3n) is 9.34. The van der Waals surface area contributed by atoms with Crippen molar-refractivity contribution in [1.82, 2.24) is 0 Å². The molecule has 0 atom stereocenters. The van der Waals surface area contributed by atoms with Gasteiger partial charge in [-0.25, -0.2) is 0 Å². The molecule has 0 spiro atoms. The smallest absolute Gasteiger partial charge is 0.0988 e. The number of allylic oxidation sites excluding steroid dienone is 6. The van der Waals surface area contributed by atoms with Gasteiger partial charge in [-0.1, -0.05) is 140 Å². The third-order valence-corrected chi connectivity index (χ3v) is 9.34. The first-order valence-corrected chi connectivity index (χ1v) is 16.0. The molecule has 226 valence electrons. The van der Waals surface area contributed by atoms with Crippen LogP contribution < -0.4 is 11.5 Å². The molecule has 0 amide bonds. The number of unbranched alkanes of at least 4 members (excludes halogenated alkanes) is 1. The summed E-state index contributed by atoms with van der Waals surface area (Å²) in [5.41, 5.74) is 21.5. The topological polar surface area (TPSA) is 75.8 Å². The molecule has 0 aliphatic heterocycles. The van der Waals surface area contributed by atoms with Gasteiger partial charge in [-0.3, -0.25) is 0 Å². The first-order valence-electron chi connectivity index (χ1n) is 16.0. The molecule has 0 bridgehead atoms. The van der Waals surface area contributed by atoms with E-state index in [0.29, 0.717) is 5.57 Å². The van der Waals surface area contributed by atoms with Crippen LogP contribution in [0.1, 0.15) is 40.7 Å². The molecule has 1 aliphatic carbocycles. The van der Waals surface area contributed by atoms with Crippen molar-refractivity contribution in [3.8, 4) is 17.2 Å². The van der Waals surface area contributed by atoms with E-state index >= 15 is 0 Å². The van der Waals surface area contributed by atoms with E-state index in [0.717, 1.165) is 29.4 Å². The van der Waals surface area contributed by atoms with Crippen LogP contribution in [0.25, 0.3) is 38.2 Å². The van der Waals surface area contributed by atoms with Crippen molar-refractivity contribution in [3.63, 3.8) is 0 Å². The van der Waals surface area contributed by atoms with Gasteiger partial charge in [-0.2, -0.15) is 5.26 Å². The van der Waals surface area contributed by atoms with Gasteiger partial charge < -0.3 is 11.5 Å². The van der Waals surface area contributed by atoms with Crippen LogP contribution in [-0.2, 0) is 5.41 Å². The summed E-state index contributed by atoms with van der Waals surface area (Å²) in [6, 6.07) is 48.4. The average Bonchev–Trinajstić information content (AvgIpc) is 3.44. The van der Waals surface area contributed by atoms with Crippen LogP contribution in [-0.4, -0.2) is 0 Å². The number of nitrogens with zero attached hydrogens (tertiary/aromatic N) is 1. The fraction of sp³-hybridized carbons (Fsp3) is 0.0682. The summed E-state index contributed by atoms with van der Waals surface area (Å²) < 4.78 is 0. The van der Waals surface area contributed by atoms with E-state index in [9.17, 15) is 5.26 Å². The quantitative estimate of drug-likeness (QED) is 0.103. The second kappa shape index (κ2) is 12.7. The third kappa shape index (κ3) is 4.92. The Morgan fingerprint density at radius 1 is 0.638 bits per heavy atom. The largest absolute Gasteiger partial charge is 0.405 e. The van der Waals surface area contributed by atoms with Crippen LogP contribution in [0.5, 0.6) is 0 Å². The fourth-order valence-electron chi connectivity index (χ4n) is 7.38. The Hall–Kier alpha value is -6.11. The zero-order valence-corrected chi connectivity index (χ0v) is 26.1. The maximum atomic E-state index is 9.33. The van der Waals surface area contributed by atoms with Crippen molar-refractivity contribution in [1.29, 1.82) is 5.26 Å². The number of nitrogens with two attached hydrogens (primary N) is 2. The highest BCUT2D eigenvalue weighted by Gasteiger charge is 2.47. The number of hydrogen-bond donors (Lipinski definition) is 2. The molecule has 0 saturated heterocycles. The van der Waals surface area contributed by atoms with E-state index in [-0.39, 0.29) is 0 Å². The molecule has 3 nitrogen and oxygen atoms in total. The van der Waals surface area contributed by atoms with Crippen LogP contribution in [0.3, 0.4) is 0 Å². The Labute approximate surface area is 276 Å². The minimum absolute atomic E-state index is 0.547. The van der Waals surface area contributed by atoms with Crippen molar-refractivity contribution in [2.24, 2.45) is 11.5 Å². The van der Waals surface area contributed by atoms with Crippen LogP contribution in [0.2, 0.25) is 0 Å². The van der Waals surface area contributed by atoms with Crippen molar-refractivity contribution in [2.75, 3.05) is 0 Å². The zero-order valence-electron chi connectivity index (χ0n) is 26.1. The van der Waals surface area contributed by atoms with Crippen LogP contribution >= 0.6 is 0 Å². The second-order valence-corrected chi connectivity index (χ2v) is 11.8. The lowest BCUT2D eigenvalue weighted by Gasteiger charge is -2.34. The molecular formula is C44H35N3. The first kappa shape index (κ1) is 29.6. The van der Waals surface area contributed by atoms with Gasteiger partial charge >= 0.3 is 0 Å². The van der Waals surface area contributed by atoms with Crippen molar-refractivity contribution in [3.05, 3.63) is 197 Å². The molecule has 7 rings (SSSR count). The Morgan fingerprint density at radius 2 is 1.26 bits per heavy atom. The van der Waals surface area contributed by atoms with Gasteiger partial charge in [-0.05, 0) is 97.2 Å². The van der Waals surface area contributed by atoms with Crippen molar-refractivity contribution < 1.29 is 0 Å². The Bertz CT molecular complexity index is 2230. The van der Waals surface area contributed by atoms with Gasteiger partial charge in [0.15, 0.2) is 0 Å². The maximum absolute atomic E-state index is 9.33. The predicted octanol–water partition coefficient (Wildman–Crippen LogP) is 9.91. The number of rotatable bonds is 8. The monoisotopic (exact) mass is 605 g/mol. The van der Waals surface area contributed by atoms with Gasteiger partial charge in [0.25, 0.3) is 0 Å². The molecule has 6 aromatic carbocycles. The molecule has 0 fully saturated rings. The molecule has 0 saturated carbocycles. The predicted molar refractivity (Wildman–Crippen MR) is 196 cm³/mol. The molecule has 47 heavy (non-hydrogen) atoms. The molecule has 0 radical (unpaired) electrons. The average molecular weight is 606 g/mol. The summed E-state index contributed by atoms with van der Waals surface area (Å²) in [5.74, 6) is 0. The highest BCUT2D eigenvalue weighted by atomic mass is 14.5. The van der Waals surface area contributed by atoms with Crippen molar-refractivity contribution in [2.45, 2.75) is 18.3 Å². The molecule has 0 aromatic heterocycles. The Kier molecular flexibility index (Phi) is 8.00. The fourth-order valence-corrected chi connectivity index (χ4v) is 7.38. The molecule has 1 aliphatic rings. The SMILES string of the molecule is N#CC(/C=C\N)=C/CC/C=C\C(=C/N)c1cc2c(c3ccccc13)-c1c(ccc3ccccc13)C2(c1ccccc1)c1ccccc1. The molecule has 4 N–H and O–H groups in total. The molecule has 0 unspecified atom stereocenters. The van der Waals surface area contributed by atoms with E-state index in [1.807, 2.05) is 6.08 Å². The van der Waals surface area contributed by atoms with Crippen LogP contribution in [0.4, 0.5) is 0 Å². The lowest BCUT2D eigenvalue weighted by molar-refractivity contribution is 0.769. The van der Waals surface area contributed by atoms with Gasteiger partial charge in [0.05, 0.1) is 11.5 Å². The number of benzene rings is 6. The standard InChI is InChI=1S/C44H35N3/c45-27-26-31(29-46)14-4-1-5-16-33(30-47)39-28-41-43(38-23-13-12-22-37(38)39)42-36-21-11-10-15-32(36)24-25-40(42)44(41,34-17-6-2-7-18-34)35-19-8-3-9-20-35/h2-3,5-28,30H,1,4,45,47H2/b16-5-,27-26-,31-14+,33-30+. The van der Waals surface area contributed by atoms with Gasteiger partial charge in [-0.15, -0.1) is 0 Å². The first-order chi connectivity index (χ1) is 23.2. The summed E-state index contributed by atoms with van der Waals surface area (Å²) >= 11 is 0. The zero-order chi connectivity index (χ0) is 32.2. The summed E-state index contributed by atoms with van der Waals surface area (Å²) in [5, 5.41) is 14.2. The van der Waals surface area contributed by atoms with Gasteiger partial charge in [0.1, 0.15) is 0 Å². The van der Waals surface area contributed by atoms with Crippen molar-refractivity contribution >= 4 is 27.1 Å². The molecule has 6 aromatic rings. The van der Waals surface area contributed by atoms with E-state index < -0.39 is 5.41 Å². The Balaban J connectivity index is 1.52. The van der Waals surface area contributed by atoms with E-state index in [1.54, 1.807) is 12.3 Å².